The fourth-order valence-electron chi connectivity index (χ4n) is 4.16. The van der Waals surface area contributed by atoms with Crippen LogP contribution in [0.5, 0.6) is 0 Å². The Balaban J connectivity index is 1.84. The largest absolute Gasteiger partial charge is 0.480 e. The van der Waals surface area contributed by atoms with Gasteiger partial charge in [-0.2, -0.15) is 12.6 Å². The van der Waals surface area contributed by atoms with Gasteiger partial charge in [-0.15, -0.1) is 0 Å². The highest BCUT2D eigenvalue weighted by molar-refractivity contribution is 7.80. The molecule has 1 aliphatic rings. The number of carbonyl (C=O) groups is 4. The van der Waals surface area contributed by atoms with E-state index in [4.69, 9.17) is 5.73 Å². The van der Waals surface area contributed by atoms with Gasteiger partial charge in [0.05, 0.1) is 6.10 Å². The smallest absolute Gasteiger partial charge is 0.326 e. The monoisotopic (exact) mass is 505 g/mol. The molecule has 0 spiro atoms. The van der Waals surface area contributed by atoms with Crippen molar-refractivity contribution >= 4 is 47.2 Å². The predicted octanol–water partition coefficient (Wildman–Crippen LogP) is -0.606. The zero-order chi connectivity index (χ0) is 25.7. The second kappa shape index (κ2) is 11.6. The number of likely N-dealkylation sites (tertiary alicyclic amines) is 1. The van der Waals surface area contributed by atoms with Crippen molar-refractivity contribution in [3.8, 4) is 0 Å². The van der Waals surface area contributed by atoms with Gasteiger partial charge in [-0.25, -0.2) is 4.79 Å². The molecule has 11 nitrogen and oxygen atoms in total. The summed E-state index contributed by atoms with van der Waals surface area (Å²) in [5.41, 5.74) is 7.27. The molecule has 1 aromatic carbocycles. The highest BCUT2D eigenvalue weighted by Crippen LogP contribution is 2.23. The predicted molar refractivity (Wildman–Crippen MR) is 132 cm³/mol. The number of para-hydroxylation sites is 1. The normalized spacial score (nSPS) is 19.1. The zero-order valence-corrected chi connectivity index (χ0v) is 20.2. The molecular weight excluding hydrogens is 474 g/mol. The molecule has 3 amide bonds. The Bertz CT molecular complexity index is 1090. The van der Waals surface area contributed by atoms with Crippen LogP contribution in [0, 0.1) is 0 Å². The number of aliphatic hydroxyl groups is 1. The Hall–Kier alpha value is -3.09. The van der Waals surface area contributed by atoms with Crippen LogP contribution >= 0.6 is 12.6 Å². The quantitative estimate of drug-likeness (QED) is 0.211. The third kappa shape index (κ3) is 6.13. The third-order valence-corrected chi connectivity index (χ3v) is 6.54. The summed E-state index contributed by atoms with van der Waals surface area (Å²) >= 11 is 4.13. The summed E-state index contributed by atoms with van der Waals surface area (Å²) in [6.45, 7) is 1.62. The second-order valence-corrected chi connectivity index (χ2v) is 9.03. The number of nitrogens with two attached hydrogens (primary N) is 1. The highest BCUT2D eigenvalue weighted by atomic mass is 32.1. The molecule has 35 heavy (non-hydrogen) atoms. The molecule has 5 unspecified atom stereocenters. The molecule has 1 aliphatic heterocycles. The lowest BCUT2D eigenvalue weighted by atomic mass is 10.0. The molecule has 7 N–H and O–H groups in total. The molecule has 12 heteroatoms. The number of aromatic nitrogens is 1. The number of nitrogens with zero attached hydrogens (tertiary/aromatic N) is 1. The van der Waals surface area contributed by atoms with Crippen molar-refractivity contribution in [1.29, 1.82) is 0 Å². The number of fused-ring (bicyclic) bond motifs is 1. The lowest BCUT2D eigenvalue weighted by molar-refractivity contribution is -0.149. The molecule has 1 aromatic heterocycles. The van der Waals surface area contributed by atoms with Crippen LogP contribution in [0.15, 0.2) is 30.5 Å². The molecule has 0 bridgehead atoms. The number of hydrogen-bond donors (Lipinski definition) is 7. The molecule has 1 fully saturated rings. The molecule has 1 saturated heterocycles. The van der Waals surface area contributed by atoms with E-state index in [0.29, 0.717) is 12.8 Å². The van der Waals surface area contributed by atoms with Crippen molar-refractivity contribution in [2.75, 3.05) is 12.3 Å². The van der Waals surface area contributed by atoms with E-state index in [-0.39, 0.29) is 18.7 Å². The van der Waals surface area contributed by atoms with Gasteiger partial charge in [0.1, 0.15) is 24.2 Å². The lowest BCUT2D eigenvalue weighted by Gasteiger charge is -2.29. The molecule has 5 atom stereocenters. The summed E-state index contributed by atoms with van der Waals surface area (Å²) < 4.78 is 0. The summed E-state index contributed by atoms with van der Waals surface area (Å²) in [6.07, 6.45) is 1.61. The Morgan fingerprint density at radius 2 is 1.89 bits per heavy atom. The van der Waals surface area contributed by atoms with E-state index in [1.807, 2.05) is 24.3 Å². The van der Waals surface area contributed by atoms with Gasteiger partial charge in [0.15, 0.2) is 0 Å². The first-order valence-electron chi connectivity index (χ1n) is 11.4. The number of benzene rings is 1. The number of nitrogens with one attached hydrogen (secondary N) is 3. The number of rotatable bonds is 10. The maximum absolute atomic E-state index is 13.5. The summed E-state index contributed by atoms with van der Waals surface area (Å²) in [5.74, 6) is -3.10. The van der Waals surface area contributed by atoms with E-state index < -0.39 is 54.0 Å². The third-order valence-electron chi connectivity index (χ3n) is 6.17. The minimum atomic E-state index is -1.24. The Kier molecular flexibility index (Phi) is 8.76. The molecule has 0 aliphatic carbocycles. The van der Waals surface area contributed by atoms with E-state index in [1.165, 1.54) is 11.8 Å². The van der Waals surface area contributed by atoms with Gasteiger partial charge in [0.2, 0.25) is 17.7 Å². The van der Waals surface area contributed by atoms with Gasteiger partial charge < -0.3 is 36.5 Å². The fourth-order valence-corrected chi connectivity index (χ4v) is 4.42. The number of hydrogen-bond acceptors (Lipinski definition) is 7. The molecule has 190 valence electrons. The first-order valence-corrected chi connectivity index (χ1v) is 12.0. The van der Waals surface area contributed by atoms with Crippen LogP contribution in [-0.2, 0) is 25.6 Å². The van der Waals surface area contributed by atoms with Crippen LogP contribution in [0.2, 0.25) is 0 Å². The van der Waals surface area contributed by atoms with Crippen LogP contribution in [-0.4, -0.2) is 86.4 Å². The van der Waals surface area contributed by atoms with Gasteiger partial charge in [-0.1, -0.05) is 18.2 Å². The average Bonchev–Trinajstić information content (AvgIpc) is 3.48. The number of thiol groups is 1. The Morgan fingerprint density at radius 1 is 1.20 bits per heavy atom. The van der Waals surface area contributed by atoms with Gasteiger partial charge in [0, 0.05) is 35.8 Å². The topological polar surface area (TPSA) is 178 Å². The summed E-state index contributed by atoms with van der Waals surface area (Å²) in [7, 11) is 0. The van der Waals surface area contributed by atoms with Gasteiger partial charge in [-0.3, -0.25) is 14.4 Å². The van der Waals surface area contributed by atoms with Crippen molar-refractivity contribution in [2.45, 2.75) is 56.5 Å². The molecular formula is C23H31N5O6S. The molecule has 3 rings (SSSR count). The number of amides is 3. The highest BCUT2D eigenvalue weighted by Gasteiger charge is 2.38. The number of aliphatic hydroxyl groups excluding tert-OH is 1. The average molecular weight is 506 g/mol. The van der Waals surface area contributed by atoms with E-state index in [1.54, 1.807) is 6.20 Å². The molecule has 2 heterocycles. The van der Waals surface area contributed by atoms with Crippen molar-refractivity contribution in [2.24, 2.45) is 5.73 Å². The van der Waals surface area contributed by atoms with Crippen LogP contribution in [0.3, 0.4) is 0 Å². The Morgan fingerprint density at radius 3 is 2.54 bits per heavy atom. The molecule has 0 radical (unpaired) electrons. The summed E-state index contributed by atoms with van der Waals surface area (Å²) in [4.78, 5) is 54.9. The van der Waals surface area contributed by atoms with Gasteiger partial charge in [0.25, 0.3) is 0 Å². The van der Waals surface area contributed by atoms with Crippen LogP contribution < -0.4 is 16.4 Å². The maximum atomic E-state index is 13.5. The van der Waals surface area contributed by atoms with Gasteiger partial charge in [-0.05, 0) is 31.4 Å². The number of carboxylic acids is 1. The van der Waals surface area contributed by atoms with Crippen molar-refractivity contribution in [3.05, 3.63) is 36.0 Å². The van der Waals surface area contributed by atoms with Crippen molar-refractivity contribution < 1.29 is 29.4 Å². The van der Waals surface area contributed by atoms with Crippen LogP contribution in [0.25, 0.3) is 10.9 Å². The summed E-state index contributed by atoms with van der Waals surface area (Å²) in [6, 6.07) is 3.08. The Labute approximate surface area is 207 Å². The standard InChI is InChI=1S/C23H31N5O6S/c1-12(29)19(24)21(31)27-17(11-35)20(30)26-16(22(32)28-8-4-7-18(28)23(33)34)9-13-10-25-15-6-3-2-5-14(13)15/h2-3,5-6,10,12,16-19,25,29,35H,4,7-9,11,24H2,1H3,(H,26,30)(H,27,31)(H,33,34). The van der Waals surface area contributed by atoms with Crippen molar-refractivity contribution in [3.63, 3.8) is 0 Å². The first-order chi connectivity index (χ1) is 16.6. The lowest BCUT2D eigenvalue weighted by Crippen LogP contribution is -2.59. The molecule has 0 saturated carbocycles. The maximum Gasteiger partial charge on any atom is 0.326 e. The van der Waals surface area contributed by atoms with Crippen molar-refractivity contribution in [1.82, 2.24) is 20.5 Å². The SMILES string of the molecule is CC(O)C(N)C(=O)NC(CS)C(=O)NC(Cc1c[nH]c2ccccc12)C(=O)N1CCCC1C(=O)O. The fraction of sp³-hybridized carbons (Fsp3) is 0.478. The van der Waals surface area contributed by atoms with Crippen LogP contribution in [0.4, 0.5) is 0 Å². The minimum absolute atomic E-state index is 0.0838. The first kappa shape index (κ1) is 26.5. The molecule has 2 aromatic rings. The van der Waals surface area contributed by atoms with E-state index >= 15 is 0 Å². The van der Waals surface area contributed by atoms with E-state index in [0.717, 1.165) is 16.5 Å². The number of carboxylic acid groups (broad SMARTS) is 1. The number of aromatic amines is 1. The van der Waals surface area contributed by atoms with E-state index in [9.17, 15) is 29.4 Å². The van der Waals surface area contributed by atoms with E-state index in [2.05, 4.69) is 28.2 Å². The second-order valence-electron chi connectivity index (χ2n) is 8.66. The van der Waals surface area contributed by atoms with Crippen LogP contribution in [0.1, 0.15) is 25.3 Å². The number of H-pyrrole nitrogens is 1. The summed E-state index contributed by atoms with van der Waals surface area (Å²) in [5, 5.41) is 25.1. The number of aliphatic carboxylic acids is 1. The van der Waals surface area contributed by atoms with Gasteiger partial charge >= 0.3 is 5.97 Å². The zero-order valence-electron chi connectivity index (χ0n) is 19.3. The number of carbonyl (C=O) groups excluding carboxylic acids is 3. The minimum Gasteiger partial charge on any atom is -0.480 e.